The molecule has 1 saturated carbocycles. The molecule has 1 fully saturated rings. The number of nitrogens with one attached hydrogen (secondary N) is 1. The number of rotatable bonds is 4. The summed E-state index contributed by atoms with van der Waals surface area (Å²) in [7, 11) is 1.96. The van der Waals surface area contributed by atoms with E-state index in [9.17, 15) is 4.39 Å². The van der Waals surface area contributed by atoms with Crippen LogP contribution in [-0.4, -0.2) is 13.1 Å². The molecule has 0 spiro atoms. The lowest BCUT2D eigenvalue weighted by atomic mass is 9.92. The quantitative estimate of drug-likeness (QED) is 0.863. The number of hydrogen-bond donors (Lipinski definition) is 1. The fourth-order valence-electron chi connectivity index (χ4n) is 2.81. The normalized spacial score (nSPS) is 18.5. The Balaban J connectivity index is 2.12. The third-order valence-electron chi connectivity index (χ3n) is 3.83. The van der Waals surface area contributed by atoms with Crippen molar-refractivity contribution in [3.63, 3.8) is 0 Å². The minimum Gasteiger partial charge on any atom is -0.316 e. The molecular weight excluding hydrogens is 237 g/mol. The molecule has 1 N–H and O–H groups in total. The van der Waals surface area contributed by atoms with Crippen molar-refractivity contribution in [3.8, 4) is 0 Å². The fraction of sp³-hybridized carbons (Fsp3) is 0.571. The van der Waals surface area contributed by atoms with E-state index in [1.165, 1.54) is 31.7 Å². The third-order valence-corrected chi connectivity index (χ3v) is 4.18. The largest absolute Gasteiger partial charge is 0.316 e. The van der Waals surface area contributed by atoms with Gasteiger partial charge in [-0.05, 0) is 44.4 Å². The Bertz CT molecular complexity index is 354. The van der Waals surface area contributed by atoms with Gasteiger partial charge in [0.25, 0.3) is 0 Å². The SMILES string of the molecule is CNC(Cc1c(F)cccc1Cl)C1CCCC1. The van der Waals surface area contributed by atoms with E-state index in [2.05, 4.69) is 5.32 Å². The van der Waals surface area contributed by atoms with Gasteiger partial charge < -0.3 is 5.32 Å². The molecule has 1 aromatic carbocycles. The van der Waals surface area contributed by atoms with E-state index in [1.807, 2.05) is 7.05 Å². The molecule has 0 aromatic heterocycles. The van der Waals surface area contributed by atoms with Gasteiger partial charge in [-0.25, -0.2) is 4.39 Å². The predicted molar refractivity (Wildman–Crippen MR) is 69.9 cm³/mol. The average Bonchev–Trinajstić information content (AvgIpc) is 2.82. The van der Waals surface area contributed by atoms with Gasteiger partial charge in [-0.1, -0.05) is 30.5 Å². The second-order valence-electron chi connectivity index (χ2n) is 4.84. The van der Waals surface area contributed by atoms with Crippen LogP contribution in [0.5, 0.6) is 0 Å². The van der Waals surface area contributed by atoms with Crippen LogP contribution in [0.15, 0.2) is 18.2 Å². The Kier molecular flexibility index (Phi) is 4.41. The zero-order chi connectivity index (χ0) is 12.3. The summed E-state index contributed by atoms with van der Waals surface area (Å²) < 4.78 is 13.7. The van der Waals surface area contributed by atoms with Crippen LogP contribution >= 0.6 is 11.6 Å². The first-order valence-corrected chi connectivity index (χ1v) is 6.70. The molecule has 0 heterocycles. The van der Waals surface area contributed by atoms with Gasteiger partial charge in [0.1, 0.15) is 5.82 Å². The van der Waals surface area contributed by atoms with Crippen LogP contribution in [0.25, 0.3) is 0 Å². The topological polar surface area (TPSA) is 12.0 Å². The molecule has 0 aliphatic heterocycles. The van der Waals surface area contributed by atoms with E-state index >= 15 is 0 Å². The molecule has 1 aliphatic rings. The van der Waals surface area contributed by atoms with E-state index in [0.29, 0.717) is 29.0 Å². The van der Waals surface area contributed by atoms with Crippen molar-refractivity contribution in [1.82, 2.24) is 5.32 Å². The summed E-state index contributed by atoms with van der Waals surface area (Å²) in [4.78, 5) is 0. The molecule has 0 amide bonds. The summed E-state index contributed by atoms with van der Waals surface area (Å²) in [5.74, 6) is 0.478. The lowest BCUT2D eigenvalue weighted by Crippen LogP contribution is -2.34. The van der Waals surface area contributed by atoms with Crippen LogP contribution in [0.2, 0.25) is 5.02 Å². The van der Waals surface area contributed by atoms with Crippen molar-refractivity contribution < 1.29 is 4.39 Å². The van der Waals surface area contributed by atoms with Gasteiger partial charge in [-0.3, -0.25) is 0 Å². The molecule has 1 unspecified atom stereocenters. The highest BCUT2D eigenvalue weighted by Crippen LogP contribution is 2.30. The van der Waals surface area contributed by atoms with E-state index in [1.54, 1.807) is 12.1 Å². The number of halogens is 2. The predicted octanol–water partition coefficient (Wildman–Crippen LogP) is 3.80. The molecule has 0 bridgehead atoms. The third kappa shape index (κ3) is 2.99. The van der Waals surface area contributed by atoms with Crippen molar-refractivity contribution in [1.29, 1.82) is 0 Å². The molecule has 1 atom stereocenters. The maximum Gasteiger partial charge on any atom is 0.127 e. The zero-order valence-electron chi connectivity index (χ0n) is 10.2. The van der Waals surface area contributed by atoms with E-state index in [0.717, 1.165) is 0 Å². The molecule has 1 aromatic rings. The molecule has 1 aliphatic carbocycles. The molecule has 17 heavy (non-hydrogen) atoms. The van der Waals surface area contributed by atoms with Crippen molar-refractivity contribution in [3.05, 3.63) is 34.6 Å². The van der Waals surface area contributed by atoms with Gasteiger partial charge in [-0.2, -0.15) is 0 Å². The smallest absolute Gasteiger partial charge is 0.127 e. The number of hydrogen-bond acceptors (Lipinski definition) is 1. The number of benzene rings is 1. The van der Waals surface area contributed by atoms with Gasteiger partial charge in [-0.15, -0.1) is 0 Å². The molecule has 2 rings (SSSR count). The van der Waals surface area contributed by atoms with Gasteiger partial charge in [0.15, 0.2) is 0 Å². The second-order valence-corrected chi connectivity index (χ2v) is 5.25. The Hall–Kier alpha value is -0.600. The average molecular weight is 256 g/mol. The van der Waals surface area contributed by atoms with Crippen LogP contribution in [0.1, 0.15) is 31.2 Å². The summed E-state index contributed by atoms with van der Waals surface area (Å²) in [6.45, 7) is 0. The number of likely N-dealkylation sites (N-methyl/N-ethyl adjacent to an activating group) is 1. The summed E-state index contributed by atoms with van der Waals surface area (Å²) in [6, 6.07) is 5.25. The van der Waals surface area contributed by atoms with Crippen LogP contribution in [-0.2, 0) is 6.42 Å². The summed E-state index contributed by atoms with van der Waals surface area (Å²) in [5, 5.41) is 3.87. The van der Waals surface area contributed by atoms with Gasteiger partial charge in [0.2, 0.25) is 0 Å². The van der Waals surface area contributed by atoms with E-state index in [-0.39, 0.29) is 5.82 Å². The highest BCUT2D eigenvalue weighted by molar-refractivity contribution is 6.31. The monoisotopic (exact) mass is 255 g/mol. The lowest BCUT2D eigenvalue weighted by Gasteiger charge is -2.23. The van der Waals surface area contributed by atoms with Crippen molar-refractivity contribution in [2.45, 2.75) is 38.1 Å². The maximum atomic E-state index is 13.7. The van der Waals surface area contributed by atoms with E-state index < -0.39 is 0 Å². The zero-order valence-corrected chi connectivity index (χ0v) is 10.9. The van der Waals surface area contributed by atoms with Crippen molar-refractivity contribution >= 4 is 11.6 Å². The Labute approximate surface area is 107 Å². The van der Waals surface area contributed by atoms with Crippen molar-refractivity contribution in [2.24, 2.45) is 5.92 Å². The van der Waals surface area contributed by atoms with Crippen LogP contribution < -0.4 is 5.32 Å². The molecular formula is C14H19ClFN. The highest BCUT2D eigenvalue weighted by Gasteiger charge is 2.25. The Morgan fingerprint density at radius 2 is 2.12 bits per heavy atom. The molecule has 0 saturated heterocycles. The summed E-state index contributed by atoms with van der Waals surface area (Å²) in [6.07, 6.45) is 5.78. The lowest BCUT2D eigenvalue weighted by molar-refractivity contribution is 0.373. The fourth-order valence-corrected chi connectivity index (χ4v) is 3.05. The minimum atomic E-state index is -0.184. The van der Waals surface area contributed by atoms with Gasteiger partial charge in [0, 0.05) is 16.6 Å². The first kappa shape index (κ1) is 12.8. The molecule has 3 heteroatoms. The standard InChI is InChI=1S/C14H19ClFN/c1-17-14(10-5-2-3-6-10)9-11-12(15)7-4-8-13(11)16/h4,7-8,10,14,17H,2-3,5-6,9H2,1H3. The Morgan fingerprint density at radius 1 is 1.41 bits per heavy atom. The maximum absolute atomic E-state index is 13.7. The molecule has 1 nitrogen and oxygen atoms in total. The molecule has 0 radical (unpaired) electrons. The Morgan fingerprint density at radius 3 is 2.71 bits per heavy atom. The minimum absolute atomic E-state index is 0.184. The van der Waals surface area contributed by atoms with Gasteiger partial charge >= 0.3 is 0 Å². The van der Waals surface area contributed by atoms with Gasteiger partial charge in [0.05, 0.1) is 0 Å². The van der Waals surface area contributed by atoms with Crippen LogP contribution in [0.3, 0.4) is 0 Å². The van der Waals surface area contributed by atoms with E-state index in [4.69, 9.17) is 11.6 Å². The molecule has 94 valence electrons. The highest BCUT2D eigenvalue weighted by atomic mass is 35.5. The van der Waals surface area contributed by atoms with Crippen LogP contribution in [0.4, 0.5) is 4.39 Å². The summed E-state index contributed by atoms with van der Waals surface area (Å²) in [5.41, 5.74) is 0.653. The van der Waals surface area contributed by atoms with Crippen LogP contribution in [0, 0.1) is 11.7 Å². The summed E-state index contributed by atoms with van der Waals surface area (Å²) >= 11 is 6.07. The first-order valence-electron chi connectivity index (χ1n) is 6.32. The van der Waals surface area contributed by atoms with Crippen molar-refractivity contribution in [2.75, 3.05) is 7.05 Å². The first-order chi connectivity index (χ1) is 8.22. The second kappa shape index (κ2) is 5.83.